The largest absolute Gasteiger partial charge is 0.496 e. The van der Waals surface area contributed by atoms with E-state index in [0.29, 0.717) is 25.9 Å². The summed E-state index contributed by atoms with van der Waals surface area (Å²) < 4.78 is 30.0. The fourth-order valence-corrected chi connectivity index (χ4v) is 4.12. The van der Waals surface area contributed by atoms with Gasteiger partial charge in [-0.25, -0.2) is 12.7 Å². The number of rotatable bonds is 4. The molecule has 2 aromatic rings. The first-order chi connectivity index (χ1) is 11.9. The number of hydrogen-bond donors (Lipinski definition) is 1. The van der Waals surface area contributed by atoms with Crippen LogP contribution in [-0.4, -0.2) is 45.1 Å². The monoisotopic (exact) mass is 362 g/mol. The van der Waals surface area contributed by atoms with Gasteiger partial charge in [-0.1, -0.05) is 24.3 Å². The van der Waals surface area contributed by atoms with E-state index >= 15 is 0 Å². The number of hydrogen-bond acceptors (Lipinski definition) is 4. The molecule has 7 heteroatoms. The quantitative estimate of drug-likeness (QED) is 0.906. The van der Waals surface area contributed by atoms with Crippen LogP contribution in [0.3, 0.4) is 0 Å². The lowest BCUT2D eigenvalue weighted by Gasteiger charge is -2.29. The summed E-state index contributed by atoms with van der Waals surface area (Å²) in [6.07, 6.45) is 2.27. The van der Waals surface area contributed by atoms with Crippen molar-refractivity contribution in [1.29, 1.82) is 0 Å². The van der Waals surface area contributed by atoms with Crippen LogP contribution in [0.4, 0.5) is 5.69 Å². The minimum absolute atomic E-state index is 0.0662. The normalized spacial score (nSPS) is 16.7. The molecule has 3 rings (SSSR count). The lowest BCUT2D eigenvalue weighted by Crippen LogP contribution is -2.40. The molecule has 0 atom stereocenters. The van der Waals surface area contributed by atoms with Crippen LogP contribution in [0, 0.1) is 5.92 Å². The summed E-state index contributed by atoms with van der Waals surface area (Å²) in [7, 11) is -1.56. The molecule has 134 valence electrons. The number of amides is 1. The van der Waals surface area contributed by atoms with Crippen molar-refractivity contribution in [3.05, 3.63) is 36.4 Å². The zero-order valence-electron chi connectivity index (χ0n) is 14.4. The van der Waals surface area contributed by atoms with Gasteiger partial charge in [0, 0.05) is 35.5 Å². The second kappa shape index (κ2) is 7.01. The van der Waals surface area contributed by atoms with Gasteiger partial charge in [0.15, 0.2) is 0 Å². The molecule has 0 aliphatic carbocycles. The highest BCUT2D eigenvalue weighted by Crippen LogP contribution is 2.32. The van der Waals surface area contributed by atoms with Gasteiger partial charge in [0.1, 0.15) is 5.75 Å². The molecule has 1 N–H and O–H groups in total. The summed E-state index contributed by atoms with van der Waals surface area (Å²) in [5.74, 6) is 0.511. The van der Waals surface area contributed by atoms with E-state index in [1.807, 2.05) is 36.4 Å². The van der Waals surface area contributed by atoms with Gasteiger partial charge in [-0.15, -0.1) is 0 Å². The van der Waals surface area contributed by atoms with Crippen molar-refractivity contribution in [1.82, 2.24) is 4.31 Å². The van der Waals surface area contributed by atoms with Crippen LogP contribution in [0.1, 0.15) is 12.8 Å². The summed E-state index contributed by atoms with van der Waals surface area (Å²) in [6.45, 7) is 0.778. The third kappa shape index (κ3) is 3.77. The third-order valence-electron chi connectivity index (χ3n) is 4.66. The van der Waals surface area contributed by atoms with Crippen LogP contribution >= 0.6 is 0 Å². The zero-order valence-corrected chi connectivity index (χ0v) is 15.2. The molecular weight excluding hydrogens is 340 g/mol. The number of fused-ring (bicyclic) bond motifs is 1. The highest BCUT2D eigenvalue weighted by molar-refractivity contribution is 7.88. The van der Waals surface area contributed by atoms with E-state index in [1.54, 1.807) is 7.11 Å². The first-order valence-corrected chi connectivity index (χ1v) is 10.1. The molecule has 0 spiro atoms. The molecule has 1 aliphatic heterocycles. The molecule has 1 fully saturated rings. The Hall–Kier alpha value is -2.12. The van der Waals surface area contributed by atoms with Crippen molar-refractivity contribution in [3.8, 4) is 5.75 Å². The van der Waals surface area contributed by atoms with E-state index in [-0.39, 0.29) is 11.8 Å². The minimum Gasteiger partial charge on any atom is -0.496 e. The van der Waals surface area contributed by atoms with Crippen molar-refractivity contribution < 1.29 is 17.9 Å². The van der Waals surface area contributed by atoms with Crippen LogP contribution in [0.25, 0.3) is 10.8 Å². The molecule has 1 aliphatic rings. The summed E-state index contributed by atoms with van der Waals surface area (Å²) in [5.41, 5.74) is 0.743. The number of nitrogens with zero attached hydrogens (tertiary/aromatic N) is 1. The van der Waals surface area contributed by atoms with Gasteiger partial charge in [0.2, 0.25) is 15.9 Å². The number of anilines is 1. The van der Waals surface area contributed by atoms with Gasteiger partial charge >= 0.3 is 0 Å². The Kier molecular flexibility index (Phi) is 4.96. The lowest BCUT2D eigenvalue weighted by molar-refractivity contribution is -0.120. The molecule has 1 heterocycles. The maximum Gasteiger partial charge on any atom is 0.227 e. The highest BCUT2D eigenvalue weighted by atomic mass is 32.2. The number of methoxy groups -OCH3 is 1. The minimum atomic E-state index is -3.18. The molecule has 0 radical (unpaired) electrons. The Morgan fingerprint density at radius 1 is 1.12 bits per heavy atom. The van der Waals surface area contributed by atoms with Crippen molar-refractivity contribution in [2.45, 2.75) is 12.8 Å². The summed E-state index contributed by atoms with van der Waals surface area (Å²) in [6, 6.07) is 11.4. The number of ether oxygens (including phenoxy) is 1. The Labute approximate surface area is 147 Å². The second-order valence-electron chi connectivity index (χ2n) is 6.29. The van der Waals surface area contributed by atoms with Crippen LogP contribution in [0.2, 0.25) is 0 Å². The number of benzene rings is 2. The number of carbonyl (C=O) groups excluding carboxylic acids is 1. The lowest BCUT2D eigenvalue weighted by atomic mass is 9.97. The Morgan fingerprint density at radius 2 is 1.76 bits per heavy atom. The van der Waals surface area contributed by atoms with Gasteiger partial charge in [-0.3, -0.25) is 4.79 Å². The molecule has 25 heavy (non-hydrogen) atoms. The Bertz CT molecular complexity index is 887. The van der Waals surface area contributed by atoms with Gasteiger partial charge in [-0.2, -0.15) is 0 Å². The van der Waals surface area contributed by atoms with Crippen molar-refractivity contribution in [2.24, 2.45) is 5.92 Å². The first-order valence-electron chi connectivity index (χ1n) is 8.22. The standard InChI is InChI=1S/C18H22N2O4S/c1-24-17-8-7-16(14-5-3-4-6-15(14)17)19-18(21)13-9-11-20(12-10-13)25(2,22)23/h3-8,13H,9-12H2,1-2H3,(H,19,21). The van der Waals surface area contributed by atoms with E-state index in [1.165, 1.54) is 10.6 Å². The van der Waals surface area contributed by atoms with E-state index in [4.69, 9.17) is 4.74 Å². The molecule has 1 saturated heterocycles. The van der Waals surface area contributed by atoms with Crippen molar-refractivity contribution in [2.75, 3.05) is 31.8 Å². The highest BCUT2D eigenvalue weighted by Gasteiger charge is 2.29. The van der Waals surface area contributed by atoms with E-state index in [0.717, 1.165) is 22.2 Å². The molecule has 0 unspecified atom stereocenters. The number of carbonyl (C=O) groups is 1. The molecule has 2 aromatic carbocycles. The predicted octanol–water partition coefficient (Wildman–Crippen LogP) is 2.46. The second-order valence-corrected chi connectivity index (χ2v) is 8.27. The van der Waals surface area contributed by atoms with Crippen LogP contribution in [0.5, 0.6) is 5.75 Å². The van der Waals surface area contributed by atoms with E-state index < -0.39 is 10.0 Å². The molecule has 0 saturated carbocycles. The fraction of sp³-hybridized carbons (Fsp3) is 0.389. The Morgan fingerprint density at radius 3 is 2.36 bits per heavy atom. The predicted molar refractivity (Wildman–Crippen MR) is 98.3 cm³/mol. The maximum absolute atomic E-state index is 12.6. The maximum atomic E-state index is 12.6. The average Bonchev–Trinajstić information content (AvgIpc) is 2.61. The topological polar surface area (TPSA) is 75.7 Å². The van der Waals surface area contributed by atoms with Crippen LogP contribution in [0.15, 0.2) is 36.4 Å². The Balaban J connectivity index is 1.75. The molecule has 6 nitrogen and oxygen atoms in total. The molecule has 1 amide bonds. The van der Waals surface area contributed by atoms with Crippen molar-refractivity contribution >= 4 is 32.4 Å². The number of nitrogens with one attached hydrogen (secondary N) is 1. The van der Waals surface area contributed by atoms with E-state index in [2.05, 4.69) is 5.32 Å². The first kappa shape index (κ1) is 17.7. The average molecular weight is 362 g/mol. The van der Waals surface area contributed by atoms with Gasteiger partial charge in [0.05, 0.1) is 13.4 Å². The van der Waals surface area contributed by atoms with Gasteiger partial charge < -0.3 is 10.1 Å². The molecule has 0 aromatic heterocycles. The summed E-state index contributed by atoms with van der Waals surface area (Å²) in [4.78, 5) is 12.6. The fourth-order valence-electron chi connectivity index (χ4n) is 3.24. The van der Waals surface area contributed by atoms with Gasteiger partial charge in [-0.05, 0) is 25.0 Å². The number of piperidine rings is 1. The van der Waals surface area contributed by atoms with E-state index in [9.17, 15) is 13.2 Å². The van der Waals surface area contributed by atoms with Crippen LogP contribution < -0.4 is 10.1 Å². The summed E-state index contributed by atoms with van der Waals surface area (Å²) >= 11 is 0. The SMILES string of the molecule is COc1ccc(NC(=O)C2CCN(S(C)(=O)=O)CC2)c2ccccc12. The third-order valence-corrected chi connectivity index (χ3v) is 5.96. The smallest absolute Gasteiger partial charge is 0.227 e. The summed E-state index contributed by atoms with van der Waals surface area (Å²) in [5, 5.41) is 4.86. The molecule has 0 bridgehead atoms. The number of sulfonamides is 1. The van der Waals surface area contributed by atoms with Crippen LogP contribution in [-0.2, 0) is 14.8 Å². The zero-order chi connectivity index (χ0) is 18.0. The molecular formula is C18H22N2O4S. The van der Waals surface area contributed by atoms with Gasteiger partial charge in [0.25, 0.3) is 0 Å². The van der Waals surface area contributed by atoms with Crippen molar-refractivity contribution in [3.63, 3.8) is 0 Å².